The summed E-state index contributed by atoms with van der Waals surface area (Å²) in [6.45, 7) is 0. The van der Waals surface area contributed by atoms with Gasteiger partial charge in [-0.15, -0.1) is 23.2 Å². The van der Waals surface area contributed by atoms with Crippen LogP contribution in [0.15, 0.2) is 41.7 Å². The first kappa shape index (κ1) is 23.1. The van der Waals surface area contributed by atoms with E-state index in [4.69, 9.17) is 27.9 Å². The second kappa shape index (κ2) is 7.57. The summed E-state index contributed by atoms with van der Waals surface area (Å²) >= 11 is 17.4. The van der Waals surface area contributed by atoms with Crippen LogP contribution in [-0.2, 0) is 25.6 Å². The SMILES string of the molecule is O=C1NC(=O)C2C1CC=C1C2CC2(Cl)C(=O)N(CBr)C(=O)C2(Cl)C1C1=COc2ccc(O)cc2C1. The van der Waals surface area contributed by atoms with Crippen molar-refractivity contribution in [1.29, 1.82) is 0 Å². The Morgan fingerprint density at radius 3 is 2.66 bits per heavy atom. The lowest BCUT2D eigenvalue weighted by Gasteiger charge is -2.51. The van der Waals surface area contributed by atoms with Crippen LogP contribution in [0.3, 0.4) is 0 Å². The third kappa shape index (κ3) is 2.86. The highest BCUT2D eigenvalue weighted by Gasteiger charge is 2.76. The molecule has 0 spiro atoms. The van der Waals surface area contributed by atoms with E-state index in [1.807, 2.05) is 6.08 Å². The maximum Gasteiger partial charge on any atom is 0.254 e. The summed E-state index contributed by atoms with van der Waals surface area (Å²) in [5.41, 5.74) is 1.90. The summed E-state index contributed by atoms with van der Waals surface area (Å²) in [5.74, 6) is -4.10. The number of halogens is 3. The van der Waals surface area contributed by atoms with E-state index in [9.17, 15) is 24.3 Å². The highest BCUT2D eigenvalue weighted by molar-refractivity contribution is 9.09. The van der Waals surface area contributed by atoms with Crippen LogP contribution in [0.5, 0.6) is 11.5 Å². The number of allylic oxidation sites excluding steroid dienone is 3. The molecular weight excluding hydrogens is 563 g/mol. The number of imide groups is 2. The highest BCUT2D eigenvalue weighted by atomic mass is 79.9. The fourth-order valence-electron chi connectivity index (χ4n) is 6.47. The lowest BCUT2D eigenvalue weighted by Crippen LogP contribution is -2.61. The molecule has 3 heterocycles. The van der Waals surface area contributed by atoms with E-state index in [1.165, 1.54) is 12.3 Å². The number of hydrogen-bond acceptors (Lipinski definition) is 6. The Labute approximate surface area is 218 Å². The fourth-order valence-corrected chi connectivity index (χ4v) is 7.91. The monoisotopic (exact) mass is 580 g/mol. The van der Waals surface area contributed by atoms with Gasteiger partial charge in [0.1, 0.15) is 11.5 Å². The zero-order valence-corrected chi connectivity index (χ0v) is 21.2. The number of amides is 4. The Morgan fingerprint density at radius 2 is 1.91 bits per heavy atom. The van der Waals surface area contributed by atoms with Gasteiger partial charge in [0.05, 0.1) is 23.6 Å². The Hall–Kier alpha value is -2.36. The van der Waals surface area contributed by atoms with Crippen LogP contribution in [0.4, 0.5) is 0 Å². The number of ether oxygens (including phenoxy) is 1. The molecule has 3 aliphatic heterocycles. The average Bonchev–Trinajstić information content (AvgIpc) is 3.19. The molecule has 182 valence electrons. The number of fused-ring (bicyclic) bond motifs is 5. The van der Waals surface area contributed by atoms with Crippen LogP contribution in [0, 0.1) is 23.7 Å². The van der Waals surface area contributed by atoms with Crippen LogP contribution in [0.1, 0.15) is 18.4 Å². The Kier molecular flexibility index (Phi) is 4.99. The molecule has 6 atom stereocenters. The summed E-state index contributed by atoms with van der Waals surface area (Å²) in [6, 6.07) is 4.71. The fraction of sp³-hybridized carbons (Fsp3) is 0.417. The van der Waals surface area contributed by atoms with Crippen molar-refractivity contribution in [2.45, 2.75) is 29.0 Å². The molecule has 2 aliphatic carbocycles. The number of nitrogens with one attached hydrogen (secondary N) is 1. The topological polar surface area (TPSA) is 113 Å². The first-order valence-electron chi connectivity index (χ1n) is 11.1. The summed E-state index contributed by atoms with van der Waals surface area (Å²) in [5, 5.41) is 12.4. The average molecular weight is 582 g/mol. The number of aromatic hydroxyl groups is 1. The van der Waals surface area contributed by atoms with Crippen LogP contribution >= 0.6 is 39.1 Å². The number of hydrogen-bond donors (Lipinski definition) is 2. The minimum absolute atomic E-state index is 0.0537. The van der Waals surface area contributed by atoms with Crippen molar-refractivity contribution in [3.05, 3.63) is 47.2 Å². The number of likely N-dealkylation sites (tertiary alicyclic amines) is 1. The first-order valence-corrected chi connectivity index (χ1v) is 13.0. The summed E-state index contributed by atoms with van der Waals surface area (Å²) in [6.07, 6.45) is 3.91. The van der Waals surface area contributed by atoms with Crippen molar-refractivity contribution >= 4 is 62.8 Å². The second-order valence-electron chi connectivity index (χ2n) is 9.62. The second-order valence-corrected chi connectivity index (χ2v) is 11.4. The van der Waals surface area contributed by atoms with Crippen molar-refractivity contribution in [1.82, 2.24) is 10.2 Å². The largest absolute Gasteiger partial charge is 0.508 e. The number of carbonyl (C=O) groups is 4. The molecule has 5 aliphatic rings. The molecule has 0 radical (unpaired) electrons. The van der Waals surface area contributed by atoms with Crippen molar-refractivity contribution < 1.29 is 29.0 Å². The van der Waals surface area contributed by atoms with E-state index in [2.05, 4.69) is 21.2 Å². The number of alkyl halides is 3. The molecule has 3 fully saturated rings. The Morgan fingerprint density at radius 1 is 1.14 bits per heavy atom. The van der Waals surface area contributed by atoms with Gasteiger partial charge in [-0.3, -0.25) is 29.4 Å². The van der Waals surface area contributed by atoms with Crippen molar-refractivity contribution in [3.8, 4) is 11.5 Å². The predicted molar refractivity (Wildman–Crippen MR) is 128 cm³/mol. The molecule has 2 saturated heterocycles. The first-order chi connectivity index (χ1) is 16.6. The number of benzene rings is 1. The standard InChI is InChI=1S/C24H19BrCl2N2O6/c25-9-29-21(33)23(26)7-15-13(2-3-14-17(15)20(32)28-19(14)31)18(24(23,27)22(29)34)11-5-10-6-12(30)1-4-16(10)35-8-11/h1-2,4,6,8,14-15,17-18,30H,3,5,7,9H2,(H,28,31,32). The van der Waals surface area contributed by atoms with E-state index >= 15 is 0 Å². The third-order valence-corrected chi connectivity index (χ3v) is 9.92. The predicted octanol–water partition coefficient (Wildman–Crippen LogP) is 2.74. The molecule has 0 bridgehead atoms. The van der Waals surface area contributed by atoms with Crippen molar-refractivity contribution in [2.24, 2.45) is 23.7 Å². The maximum atomic E-state index is 13.7. The Balaban J connectivity index is 1.54. The van der Waals surface area contributed by atoms with Crippen LogP contribution in [0.2, 0.25) is 0 Å². The van der Waals surface area contributed by atoms with Gasteiger partial charge in [-0.25, -0.2) is 0 Å². The van der Waals surface area contributed by atoms with E-state index in [0.29, 0.717) is 28.9 Å². The van der Waals surface area contributed by atoms with Crippen LogP contribution < -0.4 is 10.1 Å². The van der Waals surface area contributed by atoms with Gasteiger partial charge >= 0.3 is 0 Å². The number of phenols is 1. The zero-order valence-electron chi connectivity index (χ0n) is 18.1. The van der Waals surface area contributed by atoms with Gasteiger partial charge in [-0.05, 0) is 42.5 Å². The minimum atomic E-state index is -1.86. The van der Waals surface area contributed by atoms with Crippen molar-refractivity contribution in [3.63, 3.8) is 0 Å². The molecule has 1 aromatic rings. The van der Waals surface area contributed by atoms with Crippen LogP contribution in [0.25, 0.3) is 0 Å². The van der Waals surface area contributed by atoms with Gasteiger partial charge in [0.2, 0.25) is 11.8 Å². The molecule has 2 N–H and O–H groups in total. The van der Waals surface area contributed by atoms with Gasteiger partial charge in [0, 0.05) is 17.9 Å². The van der Waals surface area contributed by atoms with Crippen LogP contribution in [-0.4, -0.2) is 48.8 Å². The number of nitrogens with zero attached hydrogens (tertiary/aromatic N) is 1. The molecule has 6 rings (SSSR count). The summed E-state index contributed by atoms with van der Waals surface area (Å²) < 4.78 is 5.84. The lowest BCUT2D eigenvalue weighted by molar-refractivity contribution is -0.138. The molecule has 1 aromatic carbocycles. The lowest BCUT2D eigenvalue weighted by atomic mass is 9.56. The molecule has 4 amide bonds. The van der Waals surface area contributed by atoms with E-state index in [1.54, 1.807) is 12.1 Å². The Bertz CT molecular complexity index is 1300. The molecule has 6 unspecified atom stereocenters. The van der Waals surface area contributed by atoms with Gasteiger partial charge in [0.25, 0.3) is 11.8 Å². The van der Waals surface area contributed by atoms with Gasteiger partial charge in [-0.1, -0.05) is 27.6 Å². The molecule has 1 saturated carbocycles. The number of phenolic OH excluding ortho intramolecular Hbond substituents is 1. The maximum absolute atomic E-state index is 13.7. The molecule has 11 heteroatoms. The number of carbonyl (C=O) groups excluding carboxylic acids is 4. The van der Waals surface area contributed by atoms with Gasteiger partial charge in [0.15, 0.2) is 9.75 Å². The van der Waals surface area contributed by atoms with Gasteiger partial charge < -0.3 is 9.84 Å². The molecule has 0 aromatic heterocycles. The third-order valence-electron chi connectivity index (χ3n) is 8.00. The highest BCUT2D eigenvalue weighted by Crippen LogP contribution is 2.64. The summed E-state index contributed by atoms with van der Waals surface area (Å²) in [7, 11) is 0. The molecule has 8 nitrogen and oxygen atoms in total. The smallest absolute Gasteiger partial charge is 0.254 e. The molecule has 35 heavy (non-hydrogen) atoms. The van der Waals surface area contributed by atoms with Crippen molar-refractivity contribution in [2.75, 3.05) is 5.45 Å². The summed E-state index contributed by atoms with van der Waals surface area (Å²) in [4.78, 5) is 49.7. The quantitative estimate of drug-likeness (QED) is 0.240. The number of rotatable bonds is 2. The van der Waals surface area contributed by atoms with E-state index in [0.717, 1.165) is 4.90 Å². The zero-order chi connectivity index (χ0) is 24.9. The van der Waals surface area contributed by atoms with E-state index in [-0.39, 0.29) is 30.0 Å². The molecular formula is C24H19BrCl2N2O6. The van der Waals surface area contributed by atoms with E-state index < -0.39 is 51.1 Å². The minimum Gasteiger partial charge on any atom is -0.508 e. The normalized spacial score (nSPS) is 37.5. The van der Waals surface area contributed by atoms with Gasteiger partial charge in [-0.2, -0.15) is 0 Å².